The van der Waals surface area contributed by atoms with Gasteiger partial charge < -0.3 is 10.1 Å². The predicted octanol–water partition coefficient (Wildman–Crippen LogP) is 3.01. The Bertz CT molecular complexity index is 558. The summed E-state index contributed by atoms with van der Waals surface area (Å²) in [4.78, 5) is 4.07. The summed E-state index contributed by atoms with van der Waals surface area (Å²) in [5, 5.41) is 3.11. The van der Waals surface area contributed by atoms with Crippen LogP contribution in [0.1, 0.15) is 12.5 Å². The maximum absolute atomic E-state index is 13.9. The van der Waals surface area contributed by atoms with Crippen LogP contribution in [-0.4, -0.2) is 18.6 Å². The van der Waals surface area contributed by atoms with Crippen molar-refractivity contribution in [2.45, 2.75) is 13.5 Å². The van der Waals surface area contributed by atoms with E-state index in [-0.39, 0.29) is 5.82 Å². The van der Waals surface area contributed by atoms with Gasteiger partial charge >= 0.3 is 0 Å². The number of pyridine rings is 1. The summed E-state index contributed by atoms with van der Waals surface area (Å²) in [6.07, 6.45) is 3.32. The Hall–Kier alpha value is -1.94. The molecular weight excluding hydrogens is 243 g/mol. The van der Waals surface area contributed by atoms with Crippen LogP contribution in [0.25, 0.3) is 11.1 Å². The molecule has 3 nitrogen and oxygen atoms in total. The average molecular weight is 260 g/mol. The SMILES string of the molecule is CCNCc1ccc(-c2cncc(OC)c2)cc1F. The van der Waals surface area contributed by atoms with E-state index in [9.17, 15) is 4.39 Å². The molecule has 0 amide bonds. The van der Waals surface area contributed by atoms with Crippen molar-refractivity contribution in [3.63, 3.8) is 0 Å². The number of hydrogen-bond acceptors (Lipinski definition) is 3. The fourth-order valence-corrected chi connectivity index (χ4v) is 1.82. The first-order chi connectivity index (χ1) is 9.24. The zero-order chi connectivity index (χ0) is 13.7. The Morgan fingerprint density at radius 1 is 1.21 bits per heavy atom. The minimum Gasteiger partial charge on any atom is -0.495 e. The van der Waals surface area contributed by atoms with Crippen molar-refractivity contribution in [3.8, 4) is 16.9 Å². The Morgan fingerprint density at radius 2 is 2.05 bits per heavy atom. The second-order valence-electron chi connectivity index (χ2n) is 4.20. The molecule has 1 aromatic heterocycles. The summed E-state index contributed by atoms with van der Waals surface area (Å²) < 4.78 is 19.1. The fourth-order valence-electron chi connectivity index (χ4n) is 1.82. The molecule has 0 radical (unpaired) electrons. The molecule has 1 N–H and O–H groups in total. The van der Waals surface area contributed by atoms with Gasteiger partial charge in [-0.3, -0.25) is 4.98 Å². The number of nitrogens with zero attached hydrogens (tertiary/aromatic N) is 1. The highest BCUT2D eigenvalue weighted by Gasteiger charge is 2.06. The molecule has 1 aromatic carbocycles. The lowest BCUT2D eigenvalue weighted by atomic mass is 10.0. The van der Waals surface area contributed by atoms with Crippen molar-refractivity contribution < 1.29 is 9.13 Å². The number of ether oxygens (including phenoxy) is 1. The lowest BCUT2D eigenvalue weighted by molar-refractivity contribution is 0.413. The number of rotatable bonds is 5. The lowest BCUT2D eigenvalue weighted by Crippen LogP contribution is -2.12. The van der Waals surface area contributed by atoms with Gasteiger partial charge in [-0.05, 0) is 24.2 Å². The van der Waals surface area contributed by atoms with Crippen LogP contribution in [0.4, 0.5) is 4.39 Å². The molecule has 1 heterocycles. The van der Waals surface area contributed by atoms with Crippen LogP contribution >= 0.6 is 0 Å². The zero-order valence-electron chi connectivity index (χ0n) is 11.1. The second kappa shape index (κ2) is 6.29. The van der Waals surface area contributed by atoms with Gasteiger partial charge in [0.1, 0.15) is 11.6 Å². The molecule has 0 aliphatic carbocycles. The number of benzene rings is 1. The van der Waals surface area contributed by atoms with E-state index in [1.54, 1.807) is 25.6 Å². The minimum atomic E-state index is -0.207. The van der Waals surface area contributed by atoms with Crippen molar-refractivity contribution in [2.24, 2.45) is 0 Å². The van der Waals surface area contributed by atoms with Crippen molar-refractivity contribution in [3.05, 3.63) is 48.0 Å². The molecule has 0 fully saturated rings. The van der Waals surface area contributed by atoms with Gasteiger partial charge in [0.2, 0.25) is 0 Å². The quantitative estimate of drug-likeness (QED) is 0.897. The Labute approximate surface area is 112 Å². The van der Waals surface area contributed by atoms with Crippen LogP contribution in [-0.2, 0) is 6.54 Å². The van der Waals surface area contributed by atoms with Crippen LogP contribution in [0.5, 0.6) is 5.75 Å². The van der Waals surface area contributed by atoms with Gasteiger partial charge in [0.15, 0.2) is 0 Å². The number of hydrogen-bond donors (Lipinski definition) is 1. The summed E-state index contributed by atoms with van der Waals surface area (Å²) >= 11 is 0. The number of aromatic nitrogens is 1. The van der Waals surface area contributed by atoms with Gasteiger partial charge in [-0.2, -0.15) is 0 Å². The van der Waals surface area contributed by atoms with E-state index in [1.165, 1.54) is 6.07 Å². The van der Waals surface area contributed by atoms with E-state index in [0.717, 1.165) is 17.7 Å². The average Bonchev–Trinajstić information content (AvgIpc) is 2.46. The lowest BCUT2D eigenvalue weighted by Gasteiger charge is -2.08. The monoisotopic (exact) mass is 260 g/mol. The minimum absolute atomic E-state index is 0.207. The summed E-state index contributed by atoms with van der Waals surface area (Å²) in [5.41, 5.74) is 2.30. The molecule has 0 atom stereocenters. The van der Waals surface area contributed by atoms with E-state index < -0.39 is 0 Å². The Balaban J connectivity index is 2.27. The van der Waals surface area contributed by atoms with E-state index in [4.69, 9.17) is 4.74 Å². The van der Waals surface area contributed by atoms with E-state index >= 15 is 0 Å². The Kier molecular flexibility index (Phi) is 4.47. The van der Waals surface area contributed by atoms with Crippen molar-refractivity contribution in [1.29, 1.82) is 0 Å². The van der Waals surface area contributed by atoms with Gasteiger partial charge in [0.25, 0.3) is 0 Å². The number of methoxy groups -OCH3 is 1. The summed E-state index contributed by atoms with van der Waals surface area (Å²) in [5.74, 6) is 0.455. The first-order valence-electron chi connectivity index (χ1n) is 6.23. The fraction of sp³-hybridized carbons (Fsp3) is 0.267. The molecule has 100 valence electrons. The van der Waals surface area contributed by atoms with Crippen LogP contribution in [0.3, 0.4) is 0 Å². The van der Waals surface area contributed by atoms with Crippen LogP contribution in [0, 0.1) is 5.82 Å². The number of halogens is 1. The highest BCUT2D eigenvalue weighted by atomic mass is 19.1. The van der Waals surface area contributed by atoms with E-state index in [0.29, 0.717) is 17.9 Å². The maximum Gasteiger partial charge on any atom is 0.137 e. The van der Waals surface area contributed by atoms with Crippen molar-refractivity contribution in [1.82, 2.24) is 10.3 Å². The molecule has 0 saturated heterocycles. The van der Waals surface area contributed by atoms with Gasteiger partial charge in [-0.25, -0.2) is 4.39 Å². The molecule has 0 bridgehead atoms. The highest BCUT2D eigenvalue weighted by Crippen LogP contribution is 2.24. The molecular formula is C15H17FN2O. The molecule has 2 rings (SSSR count). The predicted molar refractivity (Wildman–Crippen MR) is 73.6 cm³/mol. The van der Waals surface area contributed by atoms with E-state index in [2.05, 4.69) is 10.3 Å². The molecule has 0 saturated carbocycles. The number of nitrogens with one attached hydrogen (secondary N) is 1. The topological polar surface area (TPSA) is 34.2 Å². The van der Waals surface area contributed by atoms with Gasteiger partial charge in [0.05, 0.1) is 13.3 Å². The summed E-state index contributed by atoms with van der Waals surface area (Å²) in [6, 6.07) is 7.06. The van der Waals surface area contributed by atoms with Gasteiger partial charge in [0, 0.05) is 23.9 Å². The third kappa shape index (κ3) is 3.29. The summed E-state index contributed by atoms with van der Waals surface area (Å²) in [6.45, 7) is 3.36. The molecule has 4 heteroatoms. The standard InChI is InChI=1S/C15H17FN2O/c1-3-17-8-12-5-4-11(7-15(12)16)13-6-14(19-2)10-18-9-13/h4-7,9-10,17H,3,8H2,1-2H3. The van der Waals surface area contributed by atoms with Crippen LogP contribution < -0.4 is 10.1 Å². The molecule has 0 aliphatic heterocycles. The summed E-state index contributed by atoms with van der Waals surface area (Å²) in [7, 11) is 1.58. The molecule has 0 spiro atoms. The van der Waals surface area contributed by atoms with Gasteiger partial charge in [-0.1, -0.05) is 19.1 Å². The second-order valence-corrected chi connectivity index (χ2v) is 4.20. The molecule has 19 heavy (non-hydrogen) atoms. The molecule has 0 aliphatic rings. The third-order valence-electron chi connectivity index (χ3n) is 2.90. The smallest absolute Gasteiger partial charge is 0.137 e. The molecule has 0 unspecified atom stereocenters. The third-order valence-corrected chi connectivity index (χ3v) is 2.90. The maximum atomic E-state index is 13.9. The van der Waals surface area contributed by atoms with E-state index in [1.807, 2.05) is 19.1 Å². The normalized spacial score (nSPS) is 10.5. The largest absolute Gasteiger partial charge is 0.495 e. The Morgan fingerprint density at radius 3 is 2.74 bits per heavy atom. The van der Waals surface area contributed by atoms with Crippen LogP contribution in [0.2, 0.25) is 0 Å². The first-order valence-corrected chi connectivity index (χ1v) is 6.23. The highest BCUT2D eigenvalue weighted by molar-refractivity contribution is 5.64. The first kappa shape index (κ1) is 13.5. The zero-order valence-corrected chi connectivity index (χ0v) is 11.1. The van der Waals surface area contributed by atoms with Gasteiger partial charge in [-0.15, -0.1) is 0 Å². The van der Waals surface area contributed by atoms with Crippen molar-refractivity contribution >= 4 is 0 Å². The van der Waals surface area contributed by atoms with Crippen molar-refractivity contribution in [2.75, 3.05) is 13.7 Å². The van der Waals surface area contributed by atoms with Crippen LogP contribution in [0.15, 0.2) is 36.7 Å². The molecule has 2 aromatic rings.